The number of aromatic nitrogens is 2. The summed E-state index contributed by atoms with van der Waals surface area (Å²) in [5.74, 6) is 0. The van der Waals surface area contributed by atoms with E-state index in [1.165, 1.54) is 29.2 Å². The molecular formula is C25H32N4. The zero-order valence-corrected chi connectivity index (χ0v) is 17.5. The molecule has 4 rings (SSSR count). The summed E-state index contributed by atoms with van der Waals surface area (Å²) in [5.41, 5.74) is 5.06. The van der Waals surface area contributed by atoms with Gasteiger partial charge in [-0.15, -0.1) is 0 Å². The zero-order valence-electron chi connectivity index (χ0n) is 17.5. The largest absolute Gasteiger partial charge is 0.369 e. The summed E-state index contributed by atoms with van der Waals surface area (Å²) >= 11 is 0. The van der Waals surface area contributed by atoms with E-state index in [9.17, 15) is 0 Å². The molecule has 0 unspecified atom stereocenters. The van der Waals surface area contributed by atoms with Crippen LogP contribution in [0.15, 0.2) is 66.7 Å². The van der Waals surface area contributed by atoms with Gasteiger partial charge >= 0.3 is 0 Å². The molecule has 0 aliphatic carbocycles. The second-order valence-corrected chi connectivity index (χ2v) is 7.89. The number of para-hydroxylation sites is 2. The Hall–Kier alpha value is -2.59. The molecule has 2 aromatic carbocycles. The van der Waals surface area contributed by atoms with Crippen molar-refractivity contribution in [3.05, 3.63) is 78.1 Å². The highest BCUT2D eigenvalue weighted by molar-refractivity contribution is 5.46. The van der Waals surface area contributed by atoms with Crippen molar-refractivity contribution in [3.8, 4) is 5.69 Å². The van der Waals surface area contributed by atoms with Crippen LogP contribution in [0.4, 0.5) is 5.69 Å². The summed E-state index contributed by atoms with van der Waals surface area (Å²) < 4.78 is 2.14. The van der Waals surface area contributed by atoms with E-state index in [0.29, 0.717) is 0 Å². The Morgan fingerprint density at radius 3 is 2.10 bits per heavy atom. The minimum atomic E-state index is 1.05. The van der Waals surface area contributed by atoms with Crippen molar-refractivity contribution in [1.82, 2.24) is 14.7 Å². The minimum absolute atomic E-state index is 1.05. The normalized spacial score (nSPS) is 15.0. The van der Waals surface area contributed by atoms with E-state index in [1.54, 1.807) is 0 Å². The third-order valence-electron chi connectivity index (χ3n) is 5.74. The SMILES string of the molecule is CCCc1cc(CCCN2CCN(c3ccccc3)CC2)nn1-c1ccccc1. The predicted octanol–water partition coefficient (Wildman–Crippen LogP) is 4.58. The number of anilines is 1. The number of nitrogens with zero attached hydrogens (tertiary/aromatic N) is 4. The first-order chi connectivity index (χ1) is 14.3. The number of rotatable bonds is 8. The lowest BCUT2D eigenvalue weighted by atomic mass is 10.1. The molecule has 3 aromatic rings. The average Bonchev–Trinajstić information content (AvgIpc) is 3.18. The number of hydrogen-bond acceptors (Lipinski definition) is 3. The monoisotopic (exact) mass is 388 g/mol. The Bertz CT molecular complexity index is 864. The Morgan fingerprint density at radius 2 is 1.45 bits per heavy atom. The van der Waals surface area contributed by atoms with E-state index in [4.69, 9.17) is 5.10 Å². The van der Waals surface area contributed by atoms with Crippen LogP contribution in [-0.2, 0) is 12.8 Å². The van der Waals surface area contributed by atoms with Gasteiger partial charge in [-0.1, -0.05) is 49.7 Å². The van der Waals surface area contributed by atoms with Gasteiger partial charge in [0.05, 0.1) is 11.4 Å². The molecule has 4 heteroatoms. The highest BCUT2D eigenvalue weighted by Gasteiger charge is 2.17. The first kappa shape index (κ1) is 19.7. The van der Waals surface area contributed by atoms with Crippen molar-refractivity contribution in [2.24, 2.45) is 0 Å². The molecular weight excluding hydrogens is 356 g/mol. The van der Waals surface area contributed by atoms with Crippen LogP contribution in [0.5, 0.6) is 0 Å². The molecule has 0 saturated carbocycles. The summed E-state index contributed by atoms with van der Waals surface area (Å²) in [6, 6.07) is 23.6. The molecule has 0 radical (unpaired) electrons. The van der Waals surface area contributed by atoms with Gasteiger partial charge in [0.2, 0.25) is 0 Å². The van der Waals surface area contributed by atoms with Crippen molar-refractivity contribution in [2.75, 3.05) is 37.6 Å². The minimum Gasteiger partial charge on any atom is -0.369 e. The third kappa shape index (κ3) is 5.07. The van der Waals surface area contributed by atoms with Crippen molar-refractivity contribution in [1.29, 1.82) is 0 Å². The van der Waals surface area contributed by atoms with Crippen molar-refractivity contribution < 1.29 is 0 Å². The highest BCUT2D eigenvalue weighted by atomic mass is 15.3. The maximum Gasteiger partial charge on any atom is 0.0648 e. The molecule has 0 amide bonds. The molecule has 0 atom stereocenters. The average molecular weight is 389 g/mol. The van der Waals surface area contributed by atoms with Crippen LogP contribution in [0.25, 0.3) is 5.69 Å². The topological polar surface area (TPSA) is 24.3 Å². The lowest BCUT2D eigenvalue weighted by Crippen LogP contribution is -2.46. The lowest BCUT2D eigenvalue weighted by Gasteiger charge is -2.36. The van der Waals surface area contributed by atoms with Gasteiger partial charge in [-0.25, -0.2) is 4.68 Å². The summed E-state index contributed by atoms with van der Waals surface area (Å²) in [7, 11) is 0. The summed E-state index contributed by atoms with van der Waals surface area (Å²) in [5, 5.41) is 4.92. The molecule has 4 nitrogen and oxygen atoms in total. The number of aryl methyl sites for hydroxylation is 2. The van der Waals surface area contributed by atoms with Gasteiger partial charge in [0.25, 0.3) is 0 Å². The standard InChI is InChI=1S/C25H32N4/c1-2-10-25-21-22(26-29(25)24-14-7-4-8-15-24)11-9-16-27-17-19-28(20-18-27)23-12-5-3-6-13-23/h3-8,12-15,21H,2,9-11,16-20H2,1H3. The Kier molecular flexibility index (Phi) is 6.63. The van der Waals surface area contributed by atoms with Gasteiger partial charge in [-0.2, -0.15) is 5.10 Å². The van der Waals surface area contributed by atoms with E-state index < -0.39 is 0 Å². The van der Waals surface area contributed by atoms with E-state index in [0.717, 1.165) is 52.0 Å². The number of benzene rings is 2. The lowest BCUT2D eigenvalue weighted by molar-refractivity contribution is 0.255. The zero-order chi connectivity index (χ0) is 19.9. The van der Waals surface area contributed by atoms with Crippen LogP contribution in [0, 0.1) is 0 Å². The van der Waals surface area contributed by atoms with Gasteiger partial charge in [0.1, 0.15) is 0 Å². The number of piperazine rings is 1. The molecule has 1 fully saturated rings. The number of hydrogen-bond donors (Lipinski definition) is 0. The highest BCUT2D eigenvalue weighted by Crippen LogP contribution is 2.17. The van der Waals surface area contributed by atoms with Crippen molar-refractivity contribution in [2.45, 2.75) is 32.6 Å². The van der Waals surface area contributed by atoms with Crippen LogP contribution >= 0.6 is 0 Å². The van der Waals surface area contributed by atoms with E-state index in [-0.39, 0.29) is 0 Å². The fraction of sp³-hybridized carbons (Fsp3) is 0.400. The second-order valence-electron chi connectivity index (χ2n) is 7.89. The maximum absolute atomic E-state index is 4.92. The summed E-state index contributed by atoms with van der Waals surface area (Å²) in [6.45, 7) is 7.92. The summed E-state index contributed by atoms with van der Waals surface area (Å²) in [4.78, 5) is 5.09. The summed E-state index contributed by atoms with van der Waals surface area (Å²) in [6.07, 6.45) is 4.44. The van der Waals surface area contributed by atoms with Gasteiger partial charge in [0, 0.05) is 37.6 Å². The molecule has 2 heterocycles. The van der Waals surface area contributed by atoms with Crippen LogP contribution in [0.3, 0.4) is 0 Å². The smallest absolute Gasteiger partial charge is 0.0648 e. The van der Waals surface area contributed by atoms with Crippen LogP contribution in [-0.4, -0.2) is 47.4 Å². The molecule has 0 bridgehead atoms. The first-order valence-electron chi connectivity index (χ1n) is 11.0. The Balaban J connectivity index is 1.29. The predicted molar refractivity (Wildman–Crippen MR) is 121 cm³/mol. The fourth-order valence-electron chi connectivity index (χ4n) is 4.18. The van der Waals surface area contributed by atoms with Gasteiger partial charge < -0.3 is 4.90 Å². The molecule has 1 aliphatic heterocycles. The molecule has 1 aromatic heterocycles. The molecule has 1 saturated heterocycles. The quantitative estimate of drug-likeness (QED) is 0.564. The molecule has 29 heavy (non-hydrogen) atoms. The van der Waals surface area contributed by atoms with E-state index in [1.807, 2.05) is 0 Å². The molecule has 1 aliphatic rings. The third-order valence-corrected chi connectivity index (χ3v) is 5.74. The van der Waals surface area contributed by atoms with Crippen molar-refractivity contribution >= 4 is 5.69 Å². The molecule has 0 spiro atoms. The van der Waals surface area contributed by atoms with Gasteiger partial charge in [0.15, 0.2) is 0 Å². The Labute approximate surface area is 174 Å². The van der Waals surface area contributed by atoms with E-state index in [2.05, 4.69) is 88.1 Å². The Morgan fingerprint density at radius 1 is 0.793 bits per heavy atom. The second kappa shape index (κ2) is 9.75. The van der Waals surface area contributed by atoms with Crippen LogP contribution in [0.1, 0.15) is 31.2 Å². The van der Waals surface area contributed by atoms with Crippen LogP contribution in [0.2, 0.25) is 0 Å². The van der Waals surface area contributed by atoms with Crippen molar-refractivity contribution in [3.63, 3.8) is 0 Å². The molecule has 0 N–H and O–H groups in total. The molecule has 152 valence electrons. The first-order valence-corrected chi connectivity index (χ1v) is 11.0. The van der Waals surface area contributed by atoms with Crippen LogP contribution < -0.4 is 4.90 Å². The van der Waals surface area contributed by atoms with E-state index >= 15 is 0 Å². The maximum atomic E-state index is 4.92. The van der Waals surface area contributed by atoms with Gasteiger partial charge in [-0.05, 0) is 56.1 Å². The fourth-order valence-corrected chi connectivity index (χ4v) is 4.18. The van der Waals surface area contributed by atoms with Gasteiger partial charge in [-0.3, -0.25) is 4.90 Å².